The van der Waals surface area contributed by atoms with Crippen LogP contribution in [0.5, 0.6) is 0 Å². The number of anilines is 1. The molecule has 1 aromatic rings. The first kappa shape index (κ1) is 18.2. The number of nitrogens with zero attached hydrogens (tertiary/aromatic N) is 2. The Balaban J connectivity index is 1.81. The van der Waals surface area contributed by atoms with Gasteiger partial charge in [0.25, 0.3) is 0 Å². The highest BCUT2D eigenvalue weighted by Gasteiger charge is 2.47. The van der Waals surface area contributed by atoms with E-state index in [1.165, 1.54) is 0 Å². The second-order valence-electron chi connectivity index (χ2n) is 7.21. The van der Waals surface area contributed by atoms with Gasteiger partial charge in [-0.1, -0.05) is 39.0 Å². The lowest BCUT2D eigenvalue weighted by atomic mass is 10.0. The van der Waals surface area contributed by atoms with Gasteiger partial charge in [-0.25, -0.2) is 13.2 Å². The molecular weight excluding hydrogens is 338 g/mol. The molecule has 0 radical (unpaired) electrons. The van der Waals surface area contributed by atoms with E-state index < -0.39 is 9.84 Å². The van der Waals surface area contributed by atoms with E-state index >= 15 is 0 Å². The van der Waals surface area contributed by atoms with E-state index in [-0.39, 0.29) is 29.6 Å². The van der Waals surface area contributed by atoms with Gasteiger partial charge in [-0.15, -0.1) is 0 Å². The van der Waals surface area contributed by atoms with Gasteiger partial charge >= 0.3 is 6.03 Å². The fourth-order valence-corrected chi connectivity index (χ4v) is 5.98. The number of rotatable bonds is 3. The number of hydrogen-bond acceptors (Lipinski definition) is 4. The van der Waals surface area contributed by atoms with Crippen molar-refractivity contribution in [2.24, 2.45) is 0 Å². The Bertz CT molecular complexity index is 748. The zero-order chi connectivity index (χ0) is 18.2. The molecule has 25 heavy (non-hydrogen) atoms. The number of carbonyl (C=O) groups excluding carboxylic acids is 1. The second-order valence-corrected chi connectivity index (χ2v) is 9.36. The monoisotopic (exact) mass is 365 g/mol. The number of likely N-dealkylation sites (N-methyl/N-ethyl adjacent to an activating group) is 1. The smallest absolute Gasteiger partial charge is 0.318 e. The van der Waals surface area contributed by atoms with Gasteiger partial charge < -0.3 is 10.2 Å². The third-order valence-corrected chi connectivity index (χ3v) is 6.98. The van der Waals surface area contributed by atoms with Crippen molar-refractivity contribution in [3.8, 4) is 0 Å². The first-order valence-electron chi connectivity index (χ1n) is 8.93. The topological polar surface area (TPSA) is 69.7 Å². The summed E-state index contributed by atoms with van der Waals surface area (Å²) in [5, 5.41) is 3.01. The van der Waals surface area contributed by atoms with Crippen LogP contribution in [-0.4, -0.2) is 67.5 Å². The van der Waals surface area contributed by atoms with E-state index in [1.807, 2.05) is 31.2 Å². The van der Waals surface area contributed by atoms with E-state index in [4.69, 9.17) is 0 Å². The highest BCUT2D eigenvalue weighted by atomic mass is 32.2. The minimum atomic E-state index is -3.10. The van der Waals surface area contributed by atoms with Crippen LogP contribution in [0.1, 0.15) is 32.3 Å². The average molecular weight is 365 g/mol. The molecule has 6 nitrogen and oxygen atoms in total. The number of fused-ring (bicyclic) bond motifs is 1. The quantitative estimate of drug-likeness (QED) is 0.891. The van der Waals surface area contributed by atoms with Crippen molar-refractivity contribution in [1.82, 2.24) is 9.80 Å². The summed E-state index contributed by atoms with van der Waals surface area (Å²) in [6, 6.07) is 7.23. The first-order chi connectivity index (χ1) is 11.8. The summed E-state index contributed by atoms with van der Waals surface area (Å²) >= 11 is 0. The number of para-hydroxylation sites is 1. The van der Waals surface area contributed by atoms with E-state index in [1.54, 1.807) is 4.90 Å². The van der Waals surface area contributed by atoms with Crippen LogP contribution in [-0.2, 0) is 9.84 Å². The van der Waals surface area contributed by atoms with Crippen LogP contribution < -0.4 is 5.32 Å². The number of nitrogens with one attached hydrogen (secondary N) is 1. The van der Waals surface area contributed by atoms with Gasteiger partial charge in [0.15, 0.2) is 9.84 Å². The predicted molar refractivity (Wildman–Crippen MR) is 99.7 cm³/mol. The van der Waals surface area contributed by atoms with Gasteiger partial charge in [0, 0.05) is 24.8 Å². The Kier molecular flexibility index (Phi) is 5.06. The maximum atomic E-state index is 12.9. The molecule has 0 unspecified atom stereocenters. The molecule has 0 spiro atoms. The van der Waals surface area contributed by atoms with Crippen LogP contribution in [0.4, 0.5) is 10.5 Å². The predicted octanol–water partition coefficient (Wildman–Crippen LogP) is 2.14. The van der Waals surface area contributed by atoms with E-state index in [9.17, 15) is 13.2 Å². The molecular formula is C18H27N3O3S. The summed E-state index contributed by atoms with van der Waals surface area (Å²) < 4.78 is 24.3. The molecule has 7 heteroatoms. The Hall–Kier alpha value is -1.60. The van der Waals surface area contributed by atoms with Gasteiger partial charge in [-0.2, -0.15) is 0 Å². The minimum Gasteiger partial charge on any atom is -0.318 e. The van der Waals surface area contributed by atoms with Gasteiger partial charge in [0.05, 0.1) is 17.5 Å². The molecule has 0 bridgehead atoms. The first-order valence-corrected chi connectivity index (χ1v) is 10.8. The van der Waals surface area contributed by atoms with Crippen molar-refractivity contribution >= 4 is 21.6 Å². The van der Waals surface area contributed by atoms with Crippen molar-refractivity contribution in [3.05, 3.63) is 29.8 Å². The third-order valence-electron chi connectivity index (χ3n) is 5.28. The molecule has 1 N–H and O–H groups in total. The maximum Gasteiger partial charge on any atom is 0.322 e. The van der Waals surface area contributed by atoms with Crippen LogP contribution >= 0.6 is 0 Å². The lowest BCUT2D eigenvalue weighted by Gasteiger charge is -2.43. The van der Waals surface area contributed by atoms with Gasteiger partial charge in [-0.05, 0) is 24.1 Å². The Morgan fingerprint density at radius 2 is 1.88 bits per heavy atom. The Morgan fingerprint density at radius 1 is 1.20 bits per heavy atom. The number of piperazine rings is 1. The number of urea groups is 1. The summed E-state index contributed by atoms with van der Waals surface area (Å²) in [5.41, 5.74) is 1.89. The van der Waals surface area contributed by atoms with Crippen molar-refractivity contribution in [2.45, 2.75) is 38.8 Å². The average Bonchev–Trinajstić information content (AvgIpc) is 2.88. The summed E-state index contributed by atoms with van der Waals surface area (Å²) in [6.07, 6.45) is 0. The molecule has 2 aliphatic heterocycles. The van der Waals surface area contributed by atoms with Crippen LogP contribution in [0, 0.1) is 0 Å². The highest BCUT2D eigenvalue weighted by Crippen LogP contribution is 2.29. The normalized spacial score (nSPS) is 25.8. The summed E-state index contributed by atoms with van der Waals surface area (Å²) in [6.45, 7) is 8.29. The molecule has 138 valence electrons. The zero-order valence-corrected chi connectivity index (χ0v) is 15.9. The molecule has 2 atom stereocenters. The summed E-state index contributed by atoms with van der Waals surface area (Å²) in [5.74, 6) is 0.513. The van der Waals surface area contributed by atoms with Crippen LogP contribution in [0.3, 0.4) is 0 Å². The lowest BCUT2D eigenvalue weighted by Crippen LogP contribution is -2.61. The SMILES string of the molecule is CCN1CCN(C(=O)Nc2ccccc2C(C)C)[C@H]2CS(=O)(=O)C[C@H]21. The fourth-order valence-electron chi connectivity index (χ4n) is 3.97. The van der Waals surface area contributed by atoms with Gasteiger partial charge in [-0.3, -0.25) is 4.90 Å². The van der Waals surface area contributed by atoms with Gasteiger partial charge in [0.2, 0.25) is 0 Å². The van der Waals surface area contributed by atoms with Crippen molar-refractivity contribution in [3.63, 3.8) is 0 Å². The van der Waals surface area contributed by atoms with Crippen LogP contribution in [0.2, 0.25) is 0 Å². The largest absolute Gasteiger partial charge is 0.322 e. The number of hydrogen-bond donors (Lipinski definition) is 1. The van der Waals surface area contributed by atoms with Crippen molar-refractivity contribution in [2.75, 3.05) is 36.5 Å². The number of sulfone groups is 1. The lowest BCUT2D eigenvalue weighted by molar-refractivity contribution is 0.0744. The van der Waals surface area contributed by atoms with Crippen molar-refractivity contribution < 1.29 is 13.2 Å². The molecule has 3 rings (SSSR count). The van der Waals surface area contributed by atoms with E-state index in [0.717, 1.165) is 17.8 Å². The zero-order valence-electron chi connectivity index (χ0n) is 15.1. The van der Waals surface area contributed by atoms with Crippen LogP contribution in [0.25, 0.3) is 0 Å². The molecule has 2 amide bonds. The molecule has 2 fully saturated rings. The minimum absolute atomic E-state index is 0.0629. The fraction of sp³-hybridized carbons (Fsp3) is 0.611. The summed E-state index contributed by atoms with van der Waals surface area (Å²) in [7, 11) is -3.10. The van der Waals surface area contributed by atoms with E-state index in [0.29, 0.717) is 19.0 Å². The second kappa shape index (κ2) is 6.96. The molecule has 2 aliphatic rings. The number of amides is 2. The molecule has 0 aromatic heterocycles. The van der Waals surface area contributed by atoms with Crippen molar-refractivity contribution in [1.29, 1.82) is 0 Å². The number of carbonyl (C=O) groups is 1. The van der Waals surface area contributed by atoms with Crippen LogP contribution in [0.15, 0.2) is 24.3 Å². The standard InChI is InChI=1S/C18H27N3O3S/c1-4-20-9-10-21(17-12-25(23,24)11-16(17)20)18(22)19-15-8-6-5-7-14(15)13(2)3/h5-8,13,16-17H,4,9-12H2,1-3H3,(H,19,22)/t16-,17+/m1/s1. The molecule has 0 saturated carbocycles. The molecule has 2 heterocycles. The Labute approximate surface area is 150 Å². The maximum absolute atomic E-state index is 12.9. The molecule has 0 aliphatic carbocycles. The molecule has 1 aromatic carbocycles. The highest BCUT2D eigenvalue weighted by molar-refractivity contribution is 7.91. The Morgan fingerprint density at radius 3 is 2.56 bits per heavy atom. The molecule has 2 saturated heterocycles. The van der Waals surface area contributed by atoms with E-state index in [2.05, 4.69) is 24.1 Å². The summed E-state index contributed by atoms with van der Waals surface area (Å²) in [4.78, 5) is 16.8. The number of benzene rings is 1. The van der Waals surface area contributed by atoms with Gasteiger partial charge in [0.1, 0.15) is 0 Å². The third kappa shape index (κ3) is 3.67.